The second kappa shape index (κ2) is 11.9. The van der Waals surface area contributed by atoms with Crippen molar-refractivity contribution in [2.45, 2.75) is 84.5 Å². The predicted octanol–water partition coefficient (Wildman–Crippen LogP) is 2.78. The van der Waals surface area contributed by atoms with Crippen LogP contribution in [0.1, 0.15) is 63.4 Å². The molecule has 2 fully saturated rings. The van der Waals surface area contributed by atoms with Gasteiger partial charge in [-0.2, -0.15) is 5.10 Å². The summed E-state index contributed by atoms with van der Waals surface area (Å²) in [5, 5.41) is 18.3. The lowest BCUT2D eigenvalue weighted by Gasteiger charge is -2.52. The quantitative estimate of drug-likeness (QED) is 0.542. The number of aliphatic hydroxyl groups is 1. The molecule has 0 radical (unpaired) electrons. The number of unbranched alkanes of at least 4 members (excludes halogenated alkanes) is 1. The molecule has 2 amide bonds. The maximum absolute atomic E-state index is 13.5. The molecule has 204 valence electrons. The van der Waals surface area contributed by atoms with Gasteiger partial charge in [0.05, 0.1) is 11.8 Å². The molecule has 9 nitrogen and oxygen atoms in total. The Hall–Kier alpha value is -2.49. The first-order valence-electron chi connectivity index (χ1n) is 13.2. The van der Waals surface area contributed by atoms with Crippen LogP contribution in [0.15, 0.2) is 24.4 Å². The van der Waals surface area contributed by atoms with E-state index in [-0.39, 0.29) is 30.1 Å². The molecule has 2 aromatic heterocycles. The van der Waals surface area contributed by atoms with E-state index in [9.17, 15) is 14.7 Å². The Morgan fingerprint density at radius 1 is 1.19 bits per heavy atom. The monoisotopic (exact) mass is 532 g/mol. The van der Waals surface area contributed by atoms with Crippen LogP contribution in [0.3, 0.4) is 0 Å². The summed E-state index contributed by atoms with van der Waals surface area (Å²) in [6.07, 6.45) is 3.78. The average Bonchev–Trinajstić information content (AvgIpc) is 3.15. The van der Waals surface area contributed by atoms with Crippen LogP contribution < -0.4 is 5.32 Å². The Bertz CT molecular complexity index is 1080. The number of hydrogen-bond acceptors (Lipinski definition) is 6. The number of amides is 2. The van der Waals surface area contributed by atoms with E-state index in [4.69, 9.17) is 5.10 Å². The molecule has 2 aliphatic rings. The Kier molecular flexibility index (Phi) is 9.37. The lowest BCUT2D eigenvalue weighted by molar-refractivity contribution is -0.165. The first-order chi connectivity index (χ1) is 17.2. The molecule has 1 spiro atoms. The van der Waals surface area contributed by atoms with Crippen LogP contribution in [-0.2, 0) is 16.1 Å². The van der Waals surface area contributed by atoms with Crippen LogP contribution in [0.2, 0.25) is 0 Å². The molecule has 0 aromatic carbocycles. The summed E-state index contributed by atoms with van der Waals surface area (Å²) in [4.78, 5) is 35.6. The number of halogens is 1. The smallest absolute Gasteiger partial charge is 0.248 e. The van der Waals surface area contributed by atoms with E-state index in [2.05, 4.69) is 29.0 Å². The fourth-order valence-electron chi connectivity index (χ4n) is 5.50. The number of carbonyl (C=O) groups is 2. The van der Waals surface area contributed by atoms with Gasteiger partial charge in [0.1, 0.15) is 11.6 Å². The summed E-state index contributed by atoms with van der Waals surface area (Å²) in [5.41, 5.74) is 2.35. The number of hydrogen-bond donors (Lipinski definition) is 2. The number of nitrogens with one attached hydrogen (secondary N) is 1. The van der Waals surface area contributed by atoms with Gasteiger partial charge in [-0.05, 0) is 51.2 Å². The van der Waals surface area contributed by atoms with E-state index in [1.807, 2.05) is 43.7 Å². The third-order valence-electron chi connectivity index (χ3n) is 7.89. The molecule has 0 aliphatic carbocycles. The van der Waals surface area contributed by atoms with Gasteiger partial charge in [0.15, 0.2) is 5.82 Å². The third kappa shape index (κ3) is 5.54. The summed E-state index contributed by atoms with van der Waals surface area (Å²) >= 11 is 0. The minimum Gasteiger partial charge on any atom is -0.390 e. The van der Waals surface area contributed by atoms with E-state index in [0.717, 1.165) is 36.6 Å². The Morgan fingerprint density at radius 2 is 1.89 bits per heavy atom. The van der Waals surface area contributed by atoms with Crippen molar-refractivity contribution in [1.29, 1.82) is 0 Å². The second-order valence-corrected chi connectivity index (χ2v) is 10.6. The molecule has 10 heteroatoms. The summed E-state index contributed by atoms with van der Waals surface area (Å²) in [6.45, 7) is 12.6. The summed E-state index contributed by atoms with van der Waals surface area (Å²) < 4.78 is 1.88. The number of nitrogens with zero attached hydrogens (tertiary/aromatic N) is 5. The van der Waals surface area contributed by atoms with Gasteiger partial charge in [0, 0.05) is 43.6 Å². The van der Waals surface area contributed by atoms with Crippen molar-refractivity contribution in [3.8, 4) is 5.82 Å². The predicted molar refractivity (Wildman–Crippen MR) is 145 cm³/mol. The number of pyridine rings is 1. The number of carbonyl (C=O) groups excluding carboxylic acids is 2. The van der Waals surface area contributed by atoms with Crippen molar-refractivity contribution < 1.29 is 14.7 Å². The van der Waals surface area contributed by atoms with Gasteiger partial charge < -0.3 is 15.3 Å². The summed E-state index contributed by atoms with van der Waals surface area (Å²) in [6, 6.07) is 4.91. The zero-order valence-electron chi connectivity index (χ0n) is 22.6. The number of aryl methyl sites for hydroxylation is 1. The molecule has 2 N–H and O–H groups in total. The van der Waals surface area contributed by atoms with Gasteiger partial charge in [-0.15, -0.1) is 12.4 Å². The second-order valence-electron chi connectivity index (χ2n) is 10.6. The van der Waals surface area contributed by atoms with E-state index in [0.29, 0.717) is 32.5 Å². The minimum absolute atomic E-state index is 0. The molecule has 2 atom stereocenters. The lowest BCUT2D eigenvalue weighted by atomic mass is 9.80. The molecule has 2 saturated heterocycles. The third-order valence-corrected chi connectivity index (χ3v) is 7.89. The van der Waals surface area contributed by atoms with Crippen molar-refractivity contribution in [1.82, 2.24) is 29.9 Å². The molecule has 2 aromatic rings. The number of piperazine rings is 1. The number of piperidine rings is 1. The minimum atomic E-state index is -0.899. The fourth-order valence-corrected chi connectivity index (χ4v) is 5.50. The van der Waals surface area contributed by atoms with E-state index in [1.54, 1.807) is 11.1 Å². The van der Waals surface area contributed by atoms with E-state index < -0.39 is 17.7 Å². The fraction of sp³-hybridized carbons (Fsp3) is 0.630. The zero-order valence-corrected chi connectivity index (χ0v) is 23.4. The highest BCUT2D eigenvalue weighted by Crippen LogP contribution is 2.35. The van der Waals surface area contributed by atoms with Crippen LogP contribution >= 0.6 is 12.4 Å². The molecule has 0 bridgehead atoms. The van der Waals surface area contributed by atoms with E-state index in [1.165, 1.54) is 5.56 Å². The largest absolute Gasteiger partial charge is 0.390 e. The Labute approximate surface area is 226 Å². The van der Waals surface area contributed by atoms with Gasteiger partial charge in [-0.1, -0.05) is 33.3 Å². The lowest BCUT2D eigenvalue weighted by Crippen LogP contribution is -2.74. The molecular weight excluding hydrogens is 492 g/mol. The van der Waals surface area contributed by atoms with Crippen molar-refractivity contribution in [3.63, 3.8) is 0 Å². The molecule has 2 aliphatic heterocycles. The van der Waals surface area contributed by atoms with Crippen LogP contribution in [0.25, 0.3) is 5.82 Å². The number of likely N-dealkylation sites (tertiary alicyclic amines) is 1. The standard InChI is InChI=1S/C27H40N6O3.ClH/c1-6-7-14-32-25(35)23(24(34)18(2)3)29-26(36)27(32)11-15-31(16-12-27)17-21-19(4)30-33(20(21)5)22-10-8-9-13-28-22;/h8-10,13,18,23-24,34H,6-7,11-12,14-17H2,1-5H3,(H,29,36);1H/t23-,24-;/m1./s1. The van der Waals surface area contributed by atoms with E-state index >= 15 is 0 Å². The van der Waals surface area contributed by atoms with Crippen LogP contribution in [0, 0.1) is 19.8 Å². The average molecular weight is 533 g/mol. The molecule has 0 saturated carbocycles. The summed E-state index contributed by atoms with van der Waals surface area (Å²) in [7, 11) is 0. The molecule has 4 heterocycles. The molecule has 0 unspecified atom stereocenters. The highest BCUT2D eigenvalue weighted by Gasteiger charge is 2.54. The summed E-state index contributed by atoms with van der Waals surface area (Å²) in [5.74, 6) is 0.393. The molecule has 4 rings (SSSR count). The SMILES string of the molecule is CCCCN1C(=O)[C@@H]([C@H](O)C(C)C)NC(=O)C12CCN(Cc1c(C)nn(-c3ccccn3)c1C)CC2.Cl. The normalized spacial score (nSPS) is 20.7. The Morgan fingerprint density at radius 3 is 2.49 bits per heavy atom. The number of aliphatic hydroxyl groups excluding tert-OH is 1. The highest BCUT2D eigenvalue weighted by atomic mass is 35.5. The van der Waals surface area contributed by atoms with Gasteiger partial charge in [-0.3, -0.25) is 14.5 Å². The number of rotatable bonds is 8. The van der Waals surface area contributed by atoms with Crippen LogP contribution in [0.5, 0.6) is 0 Å². The van der Waals surface area contributed by atoms with Crippen LogP contribution in [0.4, 0.5) is 0 Å². The topological polar surface area (TPSA) is 104 Å². The maximum Gasteiger partial charge on any atom is 0.248 e. The number of aromatic nitrogens is 3. The van der Waals surface area contributed by atoms with Gasteiger partial charge >= 0.3 is 0 Å². The molecular formula is C27H41ClN6O3. The van der Waals surface area contributed by atoms with Crippen molar-refractivity contribution in [2.75, 3.05) is 19.6 Å². The first kappa shape index (κ1) is 29.1. The maximum atomic E-state index is 13.5. The van der Waals surface area contributed by atoms with Crippen molar-refractivity contribution >= 4 is 24.2 Å². The molecule has 37 heavy (non-hydrogen) atoms. The van der Waals surface area contributed by atoms with Gasteiger partial charge in [0.25, 0.3) is 0 Å². The first-order valence-corrected chi connectivity index (χ1v) is 13.2. The van der Waals surface area contributed by atoms with Gasteiger partial charge in [0.2, 0.25) is 11.8 Å². The van der Waals surface area contributed by atoms with Gasteiger partial charge in [-0.25, -0.2) is 9.67 Å². The van der Waals surface area contributed by atoms with Crippen molar-refractivity contribution in [3.05, 3.63) is 41.3 Å². The zero-order chi connectivity index (χ0) is 26.0. The Balaban J connectivity index is 0.00000380. The van der Waals surface area contributed by atoms with Crippen LogP contribution in [-0.4, -0.2) is 78.8 Å². The van der Waals surface area contributed by atoms with Crippen molar-refractivity contribution in [2.24, 2.45) is 5.92 Å². The highest BCUT2D eigenvalue weighted by molar-refractivity contribution is 6.00.